The van der Waals surface area contributed by atoms with Crippen LogP contribution in [-0.2, 0) is 5.66 Å². The molecule has 4 aliphatic heterocycles. The molecular weight excluding hydrogens is 478 g/mol. The maximum atomic E-state index is 6.81. The third-order valence-corrected chi connectivity index (χ3v) is 9.38. The Balaban J connectivity index is 1.52. The Labute approximate surface area is 223 Å². The second-order valence-corrected chi connectivity index (χ2v) is 10.9. The molecule has 4 nitrogen and oxygen atoms in total. The molecule has 4 aliphatic rings. The summed E-state index contributed by atoms with van der Waals surface area (Å²) in [5.74, 6) is 1.84. The molecule has 0 saturated carbocycles. The van der Waals surface area contributed by atoms with Crippen LogP contribution in [0, 0.1) is 0 Å². The van der Waals surface area contributed by atoms with E-state index in [1.807, 2.05) is 0 Å². The van der Waals surface area contributed by atoms with Crippen molar-refractivity contribution >= 4 is 21.9 Å². The SMILES string of the molecule is c1ccc2c(c1)-c1ccc3c4c1-n1c5c-2cccc5c2ccc[n+](c21)C41c2c(cccc2-c2cccc[n+]21)O3. The second-order valence-electron chi connectivity index (χ2n) is 10.9. The summed E-state index contributed by atoms with van der Waals surface area (Å²) in [4.78, 5) is 0. The van der Waals surface area contributed by atoms with Gasteiger partial charge in [-0.25, -0.2) is 0 Å². The smallest absolute Gasteiger partial charge is 0.374 e. The van der Waals surface area contributed by atoms with Gasteiger partial charge in [0.05, 0.1) is 17.1 Å². The monoisotopic (exact) mass is 497 g/mol. The lowest BCUT2D eigenvalue weighted by Gasteiger charge is -2.34. The molecule has 7 heterocycles. The van der Waals surface area contributed by atoms with Gasteiger partial charge in [-0.05, 0) is 59.7 Å². The van der Waals surface area contributed by atoms with E-state index in [4.69, 9.17) is 4.74 Å². The molecule has 3 aromatic heterocycles. The number of aromatic nitrogens is 3. The summed E-state index contributed by atoms with van der Waals surface area (Å²) < 4.78 is 14.3. The van der Waals surface area contributed by atoms with Crippen molar-refractivity contribution in [3.8, 4) is 50.7 Å². The van der Waals surface area contributed by atoms with E-state index in [9.17, 15) is 0 Å². The fourth-order valence-corrected chi connectivity index (χ4v) is 8.11. The van der Waals surface area contributed by atoms with Crippen molar-refractivity contribution < 1.29 is 13.9 Å². The Morgan fingerprint density at radius 1 is 0.538 bits per heavy atom. The maximum absolute atomic E-state index is 6.81. The van der Waals surface area contributed by atoms with Gasteiger partial charge in [-0.1, -0.05) is 42.5 Å². The van der Waals surface area contributed by atoms with Crippen molar-refractivity contribution in [3.05, 3.63) is 127 Å². The second kappa shape index (κ2) is 5.92. The van der Waals surface area contributed by atoms with Crippen LogP contribution in [0.1, 0.15) is 11.1 Å². The predicted octanol–water partition coefficient (Wildman–Crippen LogP) is 6.70. The Morgan fingerprint density at radius 3 is 2.23 bits per heavy atom. The maximum Gasteiger partial charge on any atom is 0.374 e. The highest BCUT2D eigenvalue weighted by Crippen LogP contribution is 2.59. The van der Waals surface area contributed by atoms with Crippen LogP contribution in [0.5, 0.6) is 11.5 Å². The molecule has 39 heavy (non-hydrogen) atoms. The van der Waals surface area contributed by atoms with Gasteiger partial charge in [-0.15, -0.1) is 4.57 Å². The number of pyridine rings is 2. The molecule has 4 heteroatoms. The Kier molecular flexibility index (Phi) is 2.87. The van der Waals surface area contributed by atoms with E-state index in [-0.39, 0.29) is 0 Å². The number of fused-ring (bicyclic) bond motifs is 6. The summed E-state index contributed by atoms with van der Waals surface area (Å²) in [5, 5.41) is 2.54. The zero-order chi connectivity index (χ0) is 25.0. The first-order valence-electron chi connectivity index (χ1n) is 13.5. The highest BCUT2D eigenvalue weighted by molar-refractivity contribution is 6.15. The van der Waals surface area contributed by atoms with Crippen LogP contribution in [0.4, 0.5) is 0 Å². The van der Waals surface area contributed by atoms with E-state index in [0.29, 0.717) is 0 Å². The van der Waals surface area contributed by atoms with E-state index < -0.39 is 5.66 Å². The van der Waals surface area contributed by atoms with E-state index in [2.05, 4.69) is 129 Å². The summed E-state index contributed by atoms with van der Waals surface area (Å²) in [6.45, 7) is 0. The number of rotatable bonds is 0. The molecule has 0 bridgehead atoms. The lowest BCUT2D eigenvalue weighted by molar-refractivity contribution is -0.955. The quantitative estimate of drug-likeness (QED) is 0.214. The standard InChI is InChI=1S/C35H19N3O/c1-2-9-21-20(8-1)22-10-5-11-23-25-13-7-19-37-34(25)38(32(22)23)33-24(21)16-17-29-31(33)35(37)30-26(12-6-15-28(30)39-29)27-14-3-4-18-36(27)35/h1-19H/q+2. The van der Waals surface area contributed by atoms with Gasteiger partial charge in [0.2, 0.25) is 5.69 Å². The minimum absolute atomic E-state index is 0.606. The summed E-state index contributed by atoms with van der Waals surface area (Å²) in [5.41, 5.74) is 13.0. The number of nitrogens with zero attached hydrogens (tertiary/aromatic N) is 3. The lowest BCUT2D eigenvalue weighted by atomic mass is 9.82. The largest absolute Gasteiger partial charge is 0.456 e. The van der Waals surface area contributed by atoms with E-state index >= 15 is 0 Å². The Bertz CT molecular complexity index is 2330. The van der Waals surface area contributed by atoms with Gasteiger partial charge in [0.15, 0.2) is 17.4 Å². The fourth-order valence-electron chi connectivity index (χ4n) is 8.11. The molecule has 0 N–H and O–H groups in total. The Morgan fingerprint density at radius 2 is 1.28 bits per heavy atom. The number of benzene rings is 4. The van der Waals surface area contributed by atoms with Crippen molar-refractivity contribution in [3.63, 3.8) is 0 Å². The van der Waals surface area contributed by atoms with Crippen LogP contribution in [0.2, 0.25) is 0 Å². The van der Waals surface area contributed by atoms with Gasteiger partial charge in [0.25, 0.3) is 0 Å². The van der Waals surface area contributed by atoms with Gasteiger partial charge >= 0.3 is 11.3 Å². The third-order valence-electron chi connectivity index (χ3n) is 9.38. The van der Waals surface area contributed by atoms with Crippen molar-refractivity contribution in [2.24, 2.45) is 0 Å². The van der Waals surface area contributed by atoms with E-state index in [0.717, 1.165) is 11.5 Å². The van der Waals surface area contributed by atoms with Gasteiger partial charge in [0.1, 0.15) is 22.6 Å². The molecule has 0 radical (unpaired) electrons. The third kappa shape index (κ3) is 1.79. The van der Waals surface area contributed by atoms with Crippen molar-refractivity contribution in [1.29, 1.82) is 0 Å². The minimum atomic E-state index is -0.606. The average Bonchev–Trinajstić information content (AvgIpc) is 3.44. The minimum Gasteiger partial charge on any atom is -0.456 e. The number of hydrogen-bond acceptors (Lipinski definition) is 1. The molecule has 11 rings (SSSR count). The van der Waals surface area contributed by atoms with Crippen LogP contribution in [0.3, 0.4) is 0 Å². The van der Waals surface area contributed by atoms with Crippen LogP contribution < -0.4 is 13.9 Å². The first-order valence-corrected chi connectivity index (χ1v) is 13.5. The molecule has 0 amide bonds. The first-order chi connectivity index (χ1) is 19.4. The number of hydrogen-bond donors (Lipinski definition) is 0. The molecule has 1 spiro atoms. The molecule has 0 fully saturated rings. The molecule has 178 valence electrons. The zero-order valence-corrected chi connectivity index (χ0v) is 20.7. The highest BCUT2D eigenvalue weighted by atomic mass is 16.5. The molecule has 1 unspecified atom stereocenters. The Hall–Kier alpha value is -5.22. The van der Waals surface area contributed by atoms with Crippen LogP contribution in [0.25, 0.3) is 61.1 Å². The fraction of sp³-hybridized carbons (Fsp3) is 0.0286. The van der Waals surface area contributed by atoms with Crippen molar-refractivity contribution in [2.45, 2.75) is 5.66 Å². The molecular formula is C35H19N3O+2. The first kappa shape index (κ1) is 18.9. The highest BCUT2D eigenvalue weighted by Gasteiger charge is 2.68. The summed E-state index contributed by atoms with van der Waals surface area (Å²) in [7, 11) is 0. The molecule has 7 aromatic rings. The summed E-state index contributed by atoms with van der Waals surface area (Å²) >= 11 is 0. The average molecular weight is 498 g/mol. The molecule has 4 aromatic carbocycles. The van der Waals surface area contributed by atoms with Gasteiger partial charge < -0.3 is 4.74 Å². The summed E-state index contributed by atoms with van der Waals surface area (Å²) in [6, 6.07) is 37.6. The van der Waals surface area contributed by atoms with Crippen LogP contribution >= 0.6 is 0 Å². The van der Waals surface area contributed by atoms with Gasteiger partial charge in [-0.3, -0.25) is 0 Å². The van der Waals surface area contributed by atoms with Gasteiger partial charge in [0, 0.05) is 28.6 Å². The van der Waals surface area contributed by atoms with Gasteiger partial charge in [-0.2, -0.15) is 9.13 Å². The molecule has 1 atom stereocenters. The van der Waals surface area contributed by atoms with Crippen LogP contribution in [-0.4, -0.2) is 4.57 Å². The normalized spacial score (nSPS) is 17.5. The van der Waals surface area contributed by atoms with E-state index in [1.54, 1.807) is 0 Å². The molecule has 0 saturated heterocycles. The van der Waals surface area contributed by atoms with E-state index in [1.165, 1.54) is 72.3 Å². The predicted molar refractivity (Wildman–Crippen MR) is 149 cm³/mol. The lowest BCUT2D eigenvalue weighted by Crippen LogP contribution is -2.75. The topological polar surface area (TPSA) is 21.9 Å². The number of ether oxygens (including phenoxy) is 1. The summed E-state index contributed by atoms with van der Waals surface area (Å²) in [6.07, 6.45) is 4.51. The number of para-hydroxylation sites is 1. The van der Waals surface area contributed by atoms with Crippen molar-refractivity contribution in [2.75, 3.05) is 0 Å². The zero-order valence-electron chi connectivity index (χ0n) is 20.7. The van der Waals surface area contributed by atoms with Crippen molar-refractivity contribution in [1.82, 2.24) is 4.57 Å². The van der Waals surface area contributed by atoms with Crippen LogP contribution in [0.15, 0.2) is 116 Å². The molecule has 0 aliphatic carbocycles.